The van der Waals surface area contributed by atoms with Crippen LogP contribution in [0.2, 0.25) is 0 Å². The zero-order valence-corrected chi connectivity index (χ0v) is 15.4. The number of barbiturate groups is 1. The lowest BCUT2D eigenvalue weighted by molar-refractivity contribution is -0.380. The molecule has 2 aromatic rings. The van der Waals surface area contributed by atoms with Crippen LogP contribution in [0.15, 0.2) is 35.9 Å². The van der Waals surface area contributed by atoms with Crippen molar-refractivity contribution < 1.29 is 28.8 Å². The van der Waals surface area contributed by atoms with Crippen molar-refractivity contribution in [3.63, 3.8) is 0 Å². The summed E-state index contributed by atoms with van der Waals surface area (Å²) in [6, 6.07) is 6.23. The number of carbonyl (C=O) groups is 3. The number of nitro groups is 1. The van der Waals surface area contributed by atoms with Gasteiger partial charge in [0.1, 0.15) is 17.1 Å². The highest BCUT2D eigenvalue weighted by molar-refractivity contribution is 7.16. The number of ether oxygens (including phenoxy) is 2. The summed E-state index contributed by atoms with van der Waals surface area (Å²) in [6.07, 6.45) is 1.20. The van der Waals surface area contributed by atoms with Gasteiger partial charge in [0.2, 0.25) is 0 Å². The van der Waals surface area contributed by atoms with E-state index in [2.05, 4.69) is 5.32 Å². The summed E-state index contributed by atoms with van der Waals surface area (Å²) in [5.41, 5.74) is -0.263. The van der Waals surface area contributed by atoms with Gasteiger partial charge >= 0.3 is 11.0 Å². The number of imide groups is 2. The molecule has 0 unspecified atom stereocenters. The van der Waals surface area contributed by atoms with Crippen LogP contribution in [-0.2, 0) is 9.59 Å². The quantitative estimate of drug-likeness (QED) is 0.351. The fourth-order valence-electron chi connectivity index (χ4n) is 2.51. The molecule has 1 aliphatic heterocycles. The number of carbonyl (C=O) groups excluding carboxylic acids is 3. The summed E-state index contributed by atoms with van der Waals surface area (Å²) in [6.45, 7) is 0. The maximum atomic E-state index is 12.9. The fraction of sp³-hybridized carbons (Fsp3) is 0.118. The van der Waals surface area contributed by atoms with Crippen LogP contribution in [0.25, 0.3) is 6.08 Å². The molecular formula is C17H13N3O7S. The monoisotopic (exact) mass is 403 g/mol. The molecule has 0 saturated carbocycles. The molecule has 11 heteroatoms. The summed E-state index contributed by atoms with van der Waals surface area (Å²) in [7, 11) is 2.78. The number of thiophene rings is 1. The Balaban J connectivity index is 2.05. The Morgan fingerprint density at radius 1 is 1.14 bits per heavy atom. The molecule has 10 nitrogen and oxygen atoms in total. The third-order valence-electron chi connectivity index (χ3n) is 3.81. The second-order valence-electron chi connectivity index (χ2n) is 5.43. The fourth-order valence-corrected chi connectivity index (χ4v) is 3.27. The third kappa shape index (κ3) is 3.42. The molecule has 0 radical (unpaired) electrons. The second kappa shape index (κ2) is 7.48. The van der Waals surface area contributed by atoms with Crippen LogP contribution in [0.5, 0.6) is 11.5 Å². The van der Waals surface area contributed by atoms with Gasteiger partial charge in [-0.1, -0.05) is 11.3 Å². The Kier molecular flexibility index (Phi) is 5.09. The molecule has 1 aromatic carbocycles. The van der Waals surface area contributed by atoms with E-state index in [9.17, 15) is 24.5 Å². The average Bonchev–Trinajstić information content (AvgIpc) is 3.14. The first-order valence-corrected chi connectivity index (χ1v) is 8.55. The molecular weight excluding hydrogens is 390 g/mol. The van der Waals surface area contributed by atoms with Crippen LogP contribution in [-0.4, -0.2) is 37.0 Å². The molecule has 1 saturated heterocycles. The van der Waals surface area contributed by atoms with E-state index in [0.717, 1.165) is 16.2 Å². The number of benzene rings is 1. The van der Waals surface area contributed by atoms with Crippen LogP contribution in [0.4, 0.5) is 15.5 Å². The summed E-state index contributed by atoms with van der Waals surface area (Å²) < 4.78 is 10.3. The smallest absolute Gasteiger partial charge is 0.336 e. The van der Waals surface area contributed by atoms with Gasteiger partial charge in [-0.3, -0.25) is 25.0 Å². The summed E-state index contributed by atoms with van der Waals surface area (Å²) in [5.74, 6) is -1.21. The van der Waals surface area contributed by atoms with Gasteiger partial charge in [-0.25, -0.2) is 9.69 Å². The first-order chi connectivity index (χ1) is 13.3. The van der Waals surface area contributed by atoms with E-state index in [1.54, 1.807) is 6.07 Å². The highest BCUT2D eigenvalue weighted by Gasteiger charge is 2.38. The average molecular weight is 403 g/mol. The zero-order valence-electron chi connectivity index (χ0n) is 14.6. The molecule has 3 rings (SSSR count). The molecule has 4 amide bonds. The molecule has 144 valence electrons. The SMILES string of the molecule is COc1ccc(OC)c(N2C(=O)NC(=O)/C(=C\c3ccc([N+](=O)[O-])s3)C2=O)c1. The maximum Gasteiger partial charge on any atom is 0.336 e. The molecule has 2 heterocycles. The molecule has 0 spiro atoms. The Morgan fingerprint density at radius 3 is 2.50 bits per heavy atom. The summed E-state index contributed by atoms with van der Waals surface area (Å²) in [4.78, 5) is 48.7. The predicted molar refractivity (Wildman–Crippen MR) is 99.5 cm³/mol. The van der Waals surface area contributed by atoms with Crippen LogP contribution in [0.1, 0.15) is 4.88 Å². The Bertz CT molecular complexity index is 1030. The normalized spacial score (nSPS) is 15.6. The molecule has 1 aromatic heterocycles. The highest BCUT2D eigenvalue weighted by Crippen LogP contribution is 2.35. The first kappa shape index (κ1) is 19.0. The number of anilines is 1. The number of hydrogen-bond acceptors (Lipinski definition) is 8. The molecule has 0 atom stereocenters. The molecule has 1 fully saturated rings. The van der Waals surface area contributed by atoms with Crippen molar-refractivity contribution in [2.45, 2.75) is 0 Å². The molecule has 1 aliphatic rings. The van der Waals surface area contributed by atoms with E-state index in [1.165, 1.54) is 44.6 Å². The van der Waals surface area contributed by atoms with E-state index in [1.807, 2.05) is 0 Å². The maximum absolute atomic E-state index is 12.9. The van der Waals surface area contributed by atoms with Crippen LogP contribution >= 0.6 is 11.3 Å². The topological polar surface area (TPSA) is 128 Å². The minimum Gasteiger partial charge on any atom is -0.497 e. The van der Waals surface area contributed by atoms with Crippen molar-refractivity contribution in [2.75, 3.05) is 19.1 Å². The zero-order chi connectivity index (χ0) is 20.4. The van der Waals surface area contributed by atoms with Gasteiger partial charge in [0.25, 0.3) is 11.8 Å². The number of hydrogen-bond donors (Lipinski definition) is 1. The van der Waals surface area contributed by atoms with Crippen LogP contribution in [0, 0.1) is 10.1 Å². The van der Waals surface area contributed by atoms with Gasteiger partial charge in [-0.15, -0.1) is 0 Å². The van der Waals surface area contributed by atoms with Crippen molar-refractivity contribution in [3.05, 3.63) is 50.9 Å². The van der Waals surface area contributed by atoms with E-state index >= 15 is 0 Å². The number of nitrogens with zero attached hydrogens (tertiary/aromatic N) is 2. The second-order valence-corrected chi connectivity index (χ2v) is 6.52. The van der Waals surface area contributed by atoms with E-state index in [0.29, 0.717) is 10.6 Å². The van der Waals surface area contributed by atoms with Gasteiger partial charge in [-0.2, -0.15) is 0 Å². The third-order valence-corrected chi connectivity index (χ3v) is 4.79. The lowest BCUT2D eigenvalue weighted by atomic mass is 10.1. The van der Waals surface area contributed by atoms with Gasteiger partial charge in [-0.05, 0) is 24.3 Å². The molecule has 28 heavy (non-hydrogen) atoms. The van der Waals surface area contributed by atoms with Crippen LogP contribution < -0.4 is 19.7 Å². The standard InChI is InChI=1S/C17H13N3O7S/c1-26-9-3-5-13(27-2)12(7-9)19-16(22)11(15(21)18-17(19)23)8-10-4-6-14(28-10)20(24)25/h3-8H,1-2H3,(H,18,21,23)/b11-8+. The number of rotatable bonds is 5. The van der Waals surface area contributed by atoms with Gasteiger partial charge in [0, 0.05) is 17.0 Å². The number of urea groups is 1. The van der Waals surface area contributed by atoms with Gasteiger partial charge in [0.15, 0.2) is 0 Å². The predicted octanol–water partition coefficient (Wildman–Crippen LogP) is 2.34. The Hall–Kier alpha value is -3.73. The lowest BCUT2D eigenvalue weighted by Crippen LogP contribution is -2.54. The lowest BCUT2D eigenvalue weighted by Gasteiger charge is -2.27. The largest absolute Gasteiger partial charge is 0.497 e. The van der Waals surface area contributed by atoms with Crippen molar-refractivity contribution >= 4 is 45.9 Å². The Labute approximate surface area is 162 Å². The summed E-state index contributed by atoms with van der Waals surface area (Å²) >= 11 is 0.794. The number of nitrogens with one attached hydrogen (secondary N) is 1. The summed E-state index contributed by atoms with van der Waals surface area (Å²) in [5, 5.41) is 12.8. The van der Waals surface area contributed by atoms with Crippen molar-refractivity contribution in [2.24, 2.45) is 0 Å². The van der Waals surface area contributed by atoms with Crippen molar-refractivity contribution in [3.8, 4) is 11.5 Å². The van der Waals surface area contributed by atoms with E-state index < -0.39 is 22.8 Å². The van der Waals surface area contributed by atoms with Crippen molar-refractivity contribution in [1.82, 2.24) is 5.32 Å². The first-order valence-electron chi connectivity index (χ1n) is 7.73. The van der Waals surface area contributed by atoms with E-state index in [4.69, 9.17) is 9.47 Å². The minimum absolute atomic E-state index is 0.0833. The Morgan fingerprint density at radius 2 is 1.89 bits per heavy atom. The van der Waals surface area contributed by atoms with Crippen molar-refractivity contribution in [1.29, 1.82) is 0 Å². The molecule has 0 aliphatic carbocycles. The molecule has 0 bridgehead atoms. The number of amides is 4. The van der Waals surface area contributed by atoms with Gasteiger partial charge < -0.3 is 9.47 Å². The van der Waals surface area contributed by atoms with Gasteiger partial charge in [0.05, 0.1) is 24.8 Å². The highest BCUT2D eigenvalue weighted by atomic mass is 32.1. The number of methoxy groups -OCH3 is 2. The minimum atomic E-state index is -0.948. The van der Waals surface area contributed by atoms with Crippen LogP contribution in [0.3, 0.4) is 0 Å². The molecule has 1 N–H and O–H groups in total. The van der Waals surface area contributed by atoms with E-state index in [-0.39, 0.29) is 22.0 Å².